The van der Waals surface area contributed by atoms with Gasteiger partial charge in [0.25, 0.3) is 0 Å². The number of aliphatic hydroxyl groups is 2. The zero-order valence-corrected chi connectivity index (χ0v) is 19.1. The van der Waals surface area contributed by atoms with E-state index in [9.17, 15) is 15.0 Å². The van der Waals surface area contributed by atoms with Gasteiger partial charge in [0.15, 0.2) is 0 Å². The van der Waals surface area contributed by atoms with Crippen LogP contribution in [0.15, 0.2) is 24.5 Å². The number of anilines is 1. The van der Waals surface area contributed by atoms with E-state index < -0.39 is 11.5 Å². The van der Waals surface area contributed by atoms with Gasteiger partial charge in [-0.25, -0.2) is 0 Å². The Bertz CT molecular complexity index is 1000. The SMILES string of the molecule is CC.Cc1cc2c(cc[nH]c3c1CCCc1cn[nH]c1-3)C(C)(C)C(=O)N2CC(O)CO. The van der Waals surface area contributed by atoms with E-state index in [1.165, 1.54) is 11.1 Å². The number of aliphatic hydroxyl groups excluding tert-OH is 2. The van der Waals surface area contributed by atoms with Gasteiger partial charge in [-0.15, -0.1) is 0 Å². The lowest BCUT2D eigenvalue weighted by Crippen LogP contribution is -2.41. The number of aromatic amines is 2. The molecule has 0 bridgehead atoms. The topological polar surface area (TPSA) is 105 Å². The molecule has 1 amide bonds. The Hall–Kier alpha value is -2.64. The van der Waals surface area contributed by atoms with Crippen LogP contribution in [0.3, 0.4) is 0 Å². The van der Waals surface area contributed by atoms with E-state index >= 15 is 0 Å². The molecule has 4 rings (SSSR count). The van der Waals surface area contributed by atoms with E-state index in [0.717, 1.165) is 47.5 Å². The third-order valence-electron chi connectivity index (χ3n) is 6.07. The summed E-state index contributed by atoms with van der Waals surface area (Å²) in [5.74, 6) is -0.0739. The number of fused-ring (bicyclic) bond motifs is 4. The molecule has 168 valence electrons. The largest absolute Gasteiger partial charge is 0.394 e. The van der Waals surface area contributed by atoms with Gasteiger partial charge in [0, 0.05) is 11.9 Å². The van der Waals surface area contributed by atoms with Crippen LogP contribution in [0, 0.1) is 6.92 Å². The van der Waals surface area contributed by atoms with E-state index in [-0.39, 0.29) is 19.1 Å². The maximum absolute atomic E-state index is 13.1. The molecule has 0 radical (unpaired) electrons. The molecule has 1 unspecified atom stereocenters. The molecule has 0 saturated carbocycles. The van der Waals surface area contributed by atoms with Gasteiger partial charge in [-0.05, 0) is 74.4 Å². The highest BCUT2D eigenvalue weighted by Gasteiger charge is 2.43. The first-order valence-electron chi connectivity index (χ1n) is 11.1. The summed E-state index contributed by atoms with van der Waals surface area (Å²) >= 11 is 0. The number of nitrogens with zero attached hydrogens (tertiary/aromatic N) is 2. The highest BCUT2D eigenvalue weighted by Crippen LogP contribution is 2.41. The number of carbonyl (C=O) groups excluding carboxylic acids is 1. The minimum absolute atomic E-state index is 0.0687. The van der Waals surface area contributed by atoms with Crippen molar-refractivity contribution < 1.29 is 15.0 Å². The van der Waals surface area contributed by atoms with Crippen molar-refractivity contribution in [3.8, 4) is 11.4 Å². The van der Waals surface area contributed by atoms with E-state index in [4.69, 9.17) is 0 Å². The highest BCUT2D eigenvalue weighted by atomic mass is 16.3. The molecule has 7 heteroatoms. The molecule has 1 aliphatic carbocycles. The molecular weight excluding hydrogens is 392 g/mol. The van der Waals surface area contributed by atoms with Crippen LogP contribution in [0.2, 0.25) is 0 Å². The number of amides is 1. The lowest BCUT2D eigenvalue weighted by molar-refractivity contribution is -0.122. The summed E-state index contributed by atoms with van der Waals surface area (Å²) in [5.41, 5.74) is 6.44. The average molecular weight is 427 g/mol. The van der Waals surface area contributed by atoms with Gasteiger partial charge >= 0.3 is 0 Å². The smallest absolute Gasteiger partial charge is 0.237 e. The fraction of sp³-hybridized carbons (Fsp3) is 0.500. The van der Waals surface area contributed by atoms with Crippen LogP contribution in [0.1, 0.15) is 56.4 Å². The molecule has 2 aliphatic rings. The van der Waals surface area contributed by atoms with Crippen LogP contribution in [-0.4, -0.2) is 50.6 Å². The van der Waals surface area contributed by atoms with Crippen molar-refractivity contribution in [2.45, 2.75) is 65.4 Å². The van der Waals surface area contributed by atoms with Crippen molar-refractivity contribution >= 4 is 11.6 Å². The molecule has 0 fully saturated rings. The number of H-pyrrole nitrogens is 2. The normalized spacial score (nSPS) is 16.9. The second kappa shape index (κ2) is 9.24. The second-order valence-corrected chi connectivity index (χ2v) is 8.46. The summed E-state index contributed by atoms with van der Waals surface area (Å²) in [6, 6.07) is 3.99. The molecule has 0 saturated heterocycles. The predicted octanol–water partition coefficient (Wildman–Crippen LogP) is 3.33. The van der Waals surface area contributed by atoms with Crippen molar-refractivity contribution in [1.82, 2.24) is 15.2 Å². The van der Waals surface area contributed by atoms with Crippen molar-refractivity contribution in [2.24, 2.45) is 0 Å². The fourth-order valence-electron chi connectivity index (χ4n) is 4.43. The standard InChI is InChI=1S/C22H28N4O3.C2H6/c1-13-9-18-17(22(2,3)21(29)26(18)11-15(28)12-27)7-8-23-20-16(13)6-4-5-14-10-24-25-19(14)20;1-2/h7-10,15,23,27-28H,4-6,11-12H2,1-3H3,(H,24,25);1-2H3. The van der Waals surface area contributed by atoms with Crippen LogP contribution in [-0.2, 0) is 23.1 Å². The van der Waals surface area contributed by atoms with Gasteiger partial charge in [-0.1, -0.05) is 13.8 Å². The van der Waals surface area contributed by atoms with Crippen molar-refractivity contribution in [1.29, 1.82) is 0 Å². The minimum atomic E-state index is -0.981. The first kappa shape index (κ1) is 23.0. The summed E-state index contributed by atoms with van der Waals surface area (Å²) in [7, 11) is 0. The van der Waals surface area contributed by atoms with E-state index in [0.29, 0.717) is 0 Å². The number of nitrogens with one attached hydrogen (secondary N) is 2. The lowest BCUT2D eigenvalue weighted by Gasteiger charge is -2.22. The molecule has 0 aromatic carbocycles. The highest BCUT2D eigenvalue weighted by molar-refractivity contribution is 6.07. The summed E-state index contributed by atoms with van der Waals surface area (Å²) in [4.78, 5) is 18.2. The van der Waals surface area contributed by atoms with Crippen molar-refractivity contribution in [3.05, 3.63) is 46.8 Å². The van der Waals surface area contributed by atoms with Crippen LogP contribution < -0.4 is 4.90 Å². The second-order valence-electron chi connectivity index (χ2n) is 8.46. The molecule has 0 spiro atoms. The predicted molar refractivity (Wildman–Crippen MR) is 123 cm³/mol. The zero-order valence-electron chi connectivity index (χ0n) is 19.1. The first-order chi connectivity index (χ1) is 14.8. The van der Waals surface area contributed by atoms with Crippen LogP contribution >= 0.6 is 0 Å². The Labute approximate surface area is 183 Å². The average Bonchev–Trinajstić information content (AvgIpc) is 3.24. The Balaban J connectivity index is 0.00000132. The summed E-state index contributed by atoms with van der Waals surface area (Å²) in [5, 5.41) is 26.7. The van der Waals surface area contributed by atoms with Crippen LogP contribution in [0.4, 0.5) is 5.69 Å². The van der Waals surface area contributed by atoms with Gasteiger partial charge in [-0.2, -0.15) is 5.10 Å². The zero-order chi connectivity index (χ0) is 22.8. The third-order valence-corrected chi connectivity index (χ3v) is 6.07. The number of carbonyl (C=O) groups is 1. The molecule has 2 aromatic rings. The van der Waals surface area contributed by atoms with Gasteiger partial charge in [0.05, 0.1) is 42.3 Å². The number of hydrogen-bond donors (Lipinski definition) is 4. The lowest BCUT2D eigenvalue weighted by atomic mass is 9.87. The maximum atomic E-state index is 13.1. The molecule has 1 aliphatic heterocycles. The number of rotatable bonds is 3. The number of hydrogen-bond acceptors (Lipinski definition) is 4. The van der Waals surface area contributed by atoms with Gasteiger partial charge < -0.3 is 20.1 Å². The van der Waals surface area contributed by atoms with Crippen molar-refractivity contribution in [3.63, 3.8) is 0 Å². The minimum Gasteiger partial charge on any atom is -0.394 e. The molecule has 4 N–H and O–H groups in total. The summed E-state index contributed by atoms with van der Waals surface area (Å²) in [6.07, 6.45) is 5.69. The Morgan fingerprint density at radius 3 is 2.71 bits per heavy atom. The molecular formula is C24H34N4O3. The number of β-amino-alcohol motifs (C(OH)–C–C–N with tert-alkyl or cyclic N) is 1. The van der Waals surface area contributed by atoms with E-state index in [1.807, 2.05) is 52.2 Å². The molecule has 1 atom stereocenters. The summed E-state index contributed by atoms with van der Waals surface area (Å²) in [6.45, 7) is 9.54. The quantitative estimate of drug-likeness (QED) is 0.604. The third kappa shape index (κ3) is 4.12. The van der Waals surface area contributed by atoms with Gasteiger partial charge in [-0.3, -0.25) is 9.89 Å². The maximum Gasteiger partial charge on any atom is 0.237 e. The number of aromatic nitrogens is 3. The molecule has 2 aromatic heterocycles. The molecule has 3 heterocycles. The monoisotopic (exact) mass is 426 g/mol. The Kier molecular flexibility index (Phi) is 6.86. The van der Waals surface area contributed by atoms with Gasteiger partial charge in [0.2, 0.25) is 5.91 Å². The first-order valence-corrected chi connectivity index (χ1v) is 11.1. The number of aryl methyl sites for hydroxylation is 2. The van der Waals surface area contributed by atoms with E-state index in [1.54, 1.807) is 4.90 Å². The Morgan fingerprint density at radius 2 is 2.00 bits per heavy atom. The van der Waals surface area contributed by atoms with Crippen molar-refractivity contribution in [2.75, 3.05) is 18.1 Å². The molecule has 7 nitrogen and oxygen atoms in total. The Morgan fingerprint density at radius 1 is 1.26 bits per heavy atom. The fourth-order valence-corrected chi connectivity index (χ4v) is 4.43. The van der Waals surface area contributed by atoms with Crippen LogP contribution in [0.5, 0.6) is 0 Å². The van der Waals surface area contributed by atoms with E-state index in [2.05, 4.69) is 22.1 Å². The molecule has 31 heavy (non-hydrogen) atoms. The van der Waals surface area contributed by atoms with Crippen LogP contribution in [0.25, 0.3) is 11.4 Å². The summed E-state index contributed by atoms with van der Waals surface area (Å²) < 4.78 is 0. The van der Waals surface area contributed by atoms with Gasteiger partial charge in [0.1, 0.15) is 0 Å².